The van der Waals surface area contributed by atoms with E-state index in [0.717, 1.165) is 6.42 Å². The van der Waals surface area contributed by atoms with Gasteiger partial charge >= 0.3 is 0 Å². The summed E-state index contributed by atoms with van der Waals surface area (Å²) in [4.78, 5) is 0. The SMILES string of the molecule is [C-]1=CC=CC1.[Zn]. The van der Waals surface area contributed by atoms with Crippen molar-refractivity contribution in [2.24, 2.45) is 0 Å². The van der Waals surface area contributed by atoms with Gasteiger partial charge in [0.2, 0.25) is 0 Å². The molecule has 0 aromatic carbocycles. The van der Waals surface area contributed by atoms with Gasteiger partial charge in [-0.2, -0.15) is 6.08 Å². The third-order valence-electron chi connectivity index (χ3n) is 0.586. The molecule has 0 nitrogen and oxygen atoms in total. The number of hydrogen-bond donors (Lipinski definition) is 0. The van der Waals surface area contributed by atoms with Gasteiger partial charge in [0.25, 0.3) is 0 Å². The summed E-state index contributed by atoms with van der Waals surface area (Å²) < 4.78 is 0. The summed E-state index contributed by atoms with van der Waals surface area (Å²) in [6, 6.07) is 0. The summed E-state index contributed by atoms with van der Waals surface area (Å²) in [5.41, 5.74) is 0. The predicted molar refractivity (Wildman–Crippen MR) is 21.6 cm³/mol. The van der Waals surface area contributed by atoms with Crippen LogP contribution in [0.25, 0.3) is 0 Å². The molecule has 0 amide bonds. The third kappa shape index (κ3) is 1.52. The number of hydrogen-bond acceptors (Lipinski definition) is 0. The first-order valence-electron chi connectivity index (χ1n) is 1.72. The molecule has 0 spiro atoms. The van der Waals surface area contributed by atoms with E-state index in [1.807, 2.05) is 12.2 Å². The van der Waals surface area contributed by atoms with E-state index in [1.54, 1.807) is 0 Å². The quantitative estimate of drug-likeness (QED) is 0.343. The Morgan fingerprint density at radius 3 is 2.50 bits per heavy atom. The molecule has 0 N–H and O–H groups in total. The normalized spacial score (nSPS) is 14.7. The molecule has 0 radical (unpaired) electrons. The van der Waals surface area contributed by atoms with Crippen LogP contribution in [0.2, 0.25) is 0 Å². The maximum atomic E-state index is 2.99. The fraction of sp³-hybridized carbons (Fsp3) is 0.200. The maximum Gasteiger partial charge on any atom is 0 e. The minimum Gasteiger partial charge on any atom is -0.273 e. The molecule has 1 aliphatic carbocycles. The zero-order chi connectivity index (χ0) is 3.54. The molecule has 1 rings (SSSR count). The molecule has 6 heavy (non-hydrogen) atoms. The summed E-state index contributed by atoms with van der Waals surface area (Å²) in [6.07, 6.45) is 10.0. The Morgan fingerprint density at radius 1 is 1.50 bits per heavy atom. The van der Waals surface area contributed by atoms with Gasteiger partial charge in [0.15, 0.2) is 0 Å². The first-order valence-corrected chi connectivity index (χ1v) is 1.72. The van der Waals surface area contributed by atoms with Crippen molar-refractivity contribution < 1.29 is 19.5 Å². The number of allylic oxidation sites excluding steroid dienone is 4. The van der Waals surface area contributed by atoms with E-state index in [-0.39, 0.29) is 19.5 Å². The molecule has 0 fully saturated rings. The molecule has 0 bridgehead atoms. The molecular weight excluding hydrogens is 125 g/mol. The minimum atomic E-state index is 0. The smallest absolute Gasteiger partial charge is 0 e. The van der Waals surface area contributed by atoms with Crippen LogP contribution in [-0.4, -0.2) is 0 Å². The van der Waals surface area contributed by atoms with Crippen LogP contribution in [0.3, 0.4) is 0 Å². The van der Waals surface area contributed by atoms with E-state index in [2.05, 4.69) is 12.2 Å². The van der Waals surface area contributed by atoms with Gasteiger partial charge in [-0.1, -0.05) is 0 Å². The summed E-state index contributed by atoms with van der Waals surface area (Å²) in [5.74, 6) is 0. The molecule has 1 heteroatoms. The molecule has 28 valence electrons. The summed E-state index contributed by atoms with van der Waals surface area (Å²) in [6.45, 7) is 0. The van der Waals surface area contributed by atoms with Gasteiger partial charge in [0.05, 0.1) is 0 Å². The zero-order valence-corrected chi connectivity index (χ0v) is 6.61. The first-order chi connectivity index (χ1) is 2.50. The van der Waals surface area contributed by atoms with Crippen molar-refractivity contribution in [1.29, 1.82) is 0 Å². The molecule has 0 unspecified atom stereocenters. The molecule has 0 aromatic heterocycles. The van der Waals surface area contributed by atoms with E-state index < -0.39 is 0 Å². The van der Waals surface area contributed by atoms with Gasteiger partial charge in [-0.15, -0.1) is 6.42 Å². The van der Waals surface area contributed by atoms with Crippen molar-refractivity contribution in [1.82, 2.24) is 0 Å². The van der Waals surface area contributed by atoms with Crippen LogP contribution in [0.5, 0.6) is 0 Å². The average molecular weight is 130 g/mol. The van der Waals surface area contributed by atoms with Gasteiger partial charge in [-0.3, -0.25) is 6.08 Å². The van der Waals surface area contributed by atoms with Crippen LogP contribution in [0, 0.1) is 6.08 Å². The van der Waals surface area contributed by atoms with Crippen LogP contribution in [0.1, 0.15) is 6.42 Å². The van der Waals surface area contributed by atoms with E-state index in [1.165, 1.54) is 0 Å². The van der Waals surface area contributed by atoms with Gasteiger partial charge in [-0.05, 0) is 0 Å². The van der Waals surface area contributed by atoms with Crippen molar-refractivity contribution in [3.8, 4) is 0 Å². The van der Waals surface area contributed by atoms with Crippen molar-refractivity contribution in [3.05, 3.63) is 24.3 Å². The van der Waals surface area contributed by atoms with E-state index in [4.69, 9.17) is 0 Å². The maximum absolute atomic E-state index is 2.99. The molecule has 0 saturated carbocycles. The molecule has 1 aliphatic rings. The Bertz CT molecular complexity index is 62.0. The van der Waals surface area contributed by atoms with Crippen molar-refractivity contribution >= 4 is 0 Å². The van der Waals surface area contributed by atoms with Crippen molar-refractivity contribution in [2.75, 3.05) is 0 Å². The van der Waals surface area contributed by atoms with Crippen molar-refractivity contribution in [2.45, 2.75) is 6.42 Å². The van der Waals surface area contributed by atoms with Crippen LogP contribution >= 0.6 is 0 Å². The largest absolute Gasteiger partial charge is 0.273 e. The average Bonchev–Trinajstić information content (AvgIpc) is 1.76. The van der Waals surface area contributed by atoms with Gasteiger partial charge in [-0.25, -0.2) is 12.2 Å². The van der Waals surface area contributed by atoms with Gasteiger partial charge in [0.1, 0.15) is 0 Å². The van der Waals surface area contributed by atoms with Crippen LogP contribution in [0.15, 0.2) is 18.2 Å². The molecule has 0 aromatic rings. The Morgan fingerprint density at radius 2 is 2.33 bits per heavy atom. The van der Waals surface area contributed by atoms with Crippen LogP contribution in [-0.2, 0) is 19.5 Å². The molecule has 0 atom stereocenters. The fourth-order valence-corrected chi connectivity index (χ4v) is 0.340. The topological polar surface area (TPSA) is 0 Å². The summed E-state index contributed by atoms with van der Waals surface area (Å²) in [5, 5.41) is 0. The van der Waals surface area contributed by atoms with E-state index in [0.29, 0.717) is 0 Å². The Kier molecular flexibility index (Phi) is 3.36. The van der Waals surface area contributed by atoms with Crippen LogP contribution in [0.4, 0.5) is 0 Å². The fourth-order valence-electron chi connectivity index (χ4n) is 0.340. The standard InChI is InChI=1S/C5H5.Zn/c1-2-4-5-3-1;/h1-3H,4H2;/q-1;. The van der Waals surface area contributed by atoms with E-state index >= 15 is 0 Å². The zero-order valence-electron chi connectivity index (χ0n) is 3.65. The summed E-state index contributed by atoms with van der Waals surface area (Å²) >= 11 is 0. The second-order valence-electron chi connectivity index (χ2n) is 1.00. The monoisotopic (exact) mass is 129 g/mol. The van der Waals surface area contributed by atoms with Crippen molar-refractivity contribution in [3.63, 3.8) is 0 Å². The second kappa shape index (κ2) is 3.30. The third-order valence-corrected chi connectivity index (χ3v) is 0.586. The van der Waals surface area contributed by atoms with Crippen LogP contribution < -0.4 is 0 Å². The Labute approximate surface area is 50.7 Å². The Hall–Kier alpha value is 0.103. The molecule has 0 saturated heterocycles. The van der Waals surface area contributed by atoms with E-state index in [9.17, 15) is 0 Å². The minimum absolute atomic E-state index is 0. The number of rotatable bonds is 0. The molecule has 0 aliphatic heterocycles. The van der Waals surface area contributed by atoms with Gasteiger partial charge in [0, 0.05) is 19.5 Å². The second-order valence-corrected chi connectivity index (χ2v) is 1.00. The molecule has 0 heterocycles. The predicted octanol–water partition coefficient (Wildman–Crippen LogP) is 1.30. The summed E-state index contributed by atoms with van der Waals surface area (Å²) in [7, 11) is 0. The first kappa shape index (κ1) is 6.10. The molecular formula is C5H5Zn-. The van der Waals surface area contributed by atoms with Gasteiger partial charge < -0.3 is 0 Å². The Balaban J connectivity index is 0.000000250.